The SMILES string of the molecule is O=C(/C=C\c1cccc(F)c1)N1N=C(c2ccncc2)OC1c1c[nH]c2ccccc12. The third-order valence-electron chi connectivity index (χ3n) is 4.95. The maximum absolute atomic E-state index is 13.4. The Morgan fingerprint density at radius 3 is 2.77 bits per heavy atom. The second-order valence-electron chi connectivity index (χ2n) is 6.97. The summed E-state index contributed by atoms with van der Waals surface area (Å²) in [6.07, 6.45) is 7.25. The van der Waals surface area contributed by atoms with Gasteiger partial charge in [-0.3, -0.25) is 9.78 Å². The molecule has 0 saturated carbocycles. The molecule has 1 aliphatic heterocycles. The third-order valence-corrected chi connectivity index (χ3v) is 4.95. The molecule has 1 N–H and O–H groups in total. The Morgan fingerprint density at radius 1 is 1.10 bits per heavy atom. The fourth-order valence-electron chi connectivity index (χ4n) is 3.46. The van der Waals surface area contributed by atoms with Crippen LogP contribution in [0.4, 0.5) is 4.39 Å². The zero-order valence-electron chi connectivity index (χ0n) is 16.3. The summed E-state index contributed by atoms with van der Waals surface area (Å²) in [5.74, 6) is -0.428. The first kappa shape index (κ1) is 18.7. The highest BCUT2D eigenvalue weighted by Crippen LogP contribution is 2.34. The van der Waals surface area contributed by atoms with Gasteiger partial charge in [0.25, 0.3) is 5.91 Å². The van der Waals surface area contributed by atoms with Crippen LogP contribution in [0.3, 0.4) is 0 Å². The van der Waals surface area contributed by atoms with E-state index < -0.39 is 6.23 Å². The van der Waals surface area contributed by atoms with E-state index in [0.29, 0.717) is 17.0 Å². The average Bonchev–Trinajstić information content (AvgIpc) is 3.42. The predicted octanol–water partition coefficient (Wildman–Crippen LogP) is 4.63. The Hall–Kier alpha value is -4.26. The molecule has 1 unspecified atom stereocenters. The van der Waals surface area contributed by atoms with E-state index in [2.05, 4.69) is 15.1 Å². The van der Waals surface area contributed by atoms with Crippen molar-refractivity contribution in [2.45, 2.75) is 6.23 Å². The van der Waals surface area contributed by atoms with Crippen molar-refractivity contribution in [3.8, 4) is 0 Å². The van der Waals surface area contributed by atoms with Gasteiger partial charge in [0.05, 0.1) is 0 Å². The van der Waals surface area contributed by atoms with E-state index >= 15 is 0 Å². The Morgan fingerprint density at radius 2 is 1.94 bits per heavy atom. The Bertz CT molecular complexity index is 1310. The number of carbonyl (C=O) groups excluding carboxylic acids is 1. The smallest absolute Gasteiger partial charge is 0.270 e. The Kier molecular flexibility index (Phi) is 4.76. The minimum Gasteiger partial charge on any atom is -0.446 e. The molecule has 1 atom stereocenters. The molecule has 0 bridgehead atoms. The maximum atomic E-state index is 13.4. The maximum Gasteiger partial charge on any atom is 0.270 e. The van der Waals surface area contributed by atoms with Crippen LogP contribution < -0.4 is 0 Å². The van der Waals surface area contributed by atoms with Gasteiger partial charge in [-0.25, -0.2) is 4.39 Å². The molecule has 0 radical (unpaired) electrons. The molecule has 0 spiro atoms. The van der Waals surface area contributed by atoms with E-state index in [1.807, 2.05) is 30.5 Å². The number of aromatic amines is 1. The van der Waals surface area contributed by atoms with Gasteiger partial charge >= 0.3 is 0 Å². The number of halogens is 1. The fourth-order valence-corrected chi connectivity index (χ4v) is 3.46. The van der Waals surface area contributed by atoms with Crippen LogP contribution in [0, 0.1) is 5.82 Å². The predicted molar refractivity (Wildman–Crippen MR) is 115 cm³/mol. The standard InChI is InChI=1S/C24H17FN4O2/c25-18-5-3-4-16(14-18)8-9-22(30)29-24(20-15-27-21-7-2-1-6-19(20)21)31-23(28-29)17-10-12-26-13-11-17/h1-15,24,27H/b9-8-. The Balaban J connectivity index is 1.51. The molecule has 6 nitrogen and oxygen atoms in total. The van der Waals surface area contributed by atoms with Gasteiger partial charge < -0.3 is 9.72 Å². The molecule has 0 fully saturated rings. The number of hydrazone groups is 1. The van der Waals surface area contributed by atoms with Crippen molar-refractivity contribution in [1.82, 2.24) is 15.0 Å². The number of hydrogen-bond donors (Lipinski definition) is 1. The summed E-state index contributed by atoms with van der Waals surface area (Å²) in [6, 6.07) is 17.3. The number of aromatic nitrogens is 2. The van der Waals surface area contributed by atoms with E-state index in [1.165, 1.54) is 23.2 Å². The van der Waals surface area contributed by atoms with Gasteiger partial charge in [0.15, 0.2) is 0 Å². The number of rotatable bonds is 4. The highest BCUT2D eigenvalue weighted by molar-refractivity contribution is 5.99. The number of nitrogens with one attached hydrogen (secondary N) is 1. The molecular formula is C24H17FN4O2. The quantitative estimate of drug-likeness (QED) is 0.497. The number of H-pyrrole nitrogens is 1. The lowest BCUT2D eigenvalue weighted by Crippen LogP contribution is -2.26. The molecule has 2 aromatic heterocycles. The molecule has 2 aromatic carbocycles. The lowest BCUT2D eigenvalue weighted by Gasteiger charge is -2.18. The molecule has 5 rings (SSSR count). The van der Waals surface area contributed by atoms with Gasteiger partial charge in [-0.15, -0.1) is 5.10 Å². The normalized spacial score (nSPS) is 16.0. The van der Waals surface area contributed by atoms with Crippen LogP contribution in [-0.2, 0) is 9.53 Å². The molecule has 0 saturated heterocycles. The molecule has 0 aliphatic carbocycles. The van der Waals surface area contributed by atoms with Crippen molar-refractivity contribution in [2.75, 3.05) is 0 Å². The summed E-state index contributed by atoms with van der Waals surface area (Å²) >= 11 is 0. The highest BCUT2D eigenvalue weighted by atomic mass is 19.1. The second-order valence-corrected chi connectivity index (χ2v) is 6.97. The number of ether oxygens (including phenoxy) is 1. The Labute approximate surface area is 177 Å². The van der Waals surface area contributed by atoms with Crippen LogP contribution >= 0.6 is 0 Å². The molecule has 152 valence electrons. The number of benzene rings is 2. The van der Waals surface area contributed by atoms with Gasteiger partial charge in [-0.1, -0.05) is 30.3 Å². The van der Waals surface area contributed by atoms with Gasteiger partial charge in [0.1, 0.15) is 5.82 Å². The highest BCUT2D eigenvalue weighted by Gasteiger charge is 2.35. The summed E-state index contributed by atoms with van der Waals surface area (Å²) in [5, 5.41) is 6.67. The van der Waals surface area contributed by atoms with Crippen molar-refractivity contribution in [1.29, 1.82) is 0 Å². The fraction of sp³-hybridized carbons (Fsp3) is 0.0417. The molecule has 1 aliphatic rings. The van der Waals surface area contributed by atoms with Crippen LogP contribution in [0.15, 0.2) is 90.4 Å². The number of carbonyl (C=O) groups is 1. The first-order valence-corrected chi connectivity index (χ1v) is 9.67. The first-order valence-electron chi connectivity index (χ1n) is 9.67. The zero-order chi connectivity index (χ0) is 21.2. The molecule has 31 heavy (non-hydrogen) atoms. The van der Waals surface area contributed by atoms with E-state index in [1.54, 1.807) is 42.7 Å². The summed E-state index contributed by atoms with van der Waals surface area (Å²) < 4.78 is 19.6. The van der Waals surface area contributed by atoms with Crippen LogP contribution in [-0.4, -0.2) is 26.8 Å². The number of pyridine rings is 1. The van der Waals surface area contributed by atoms with Crippen molar-refractivity contribution in [3.05, 3.63) is 108 Å². The lowest BCUT2D eigenvalue weighted by molar-refractivity contribution is -0.132. The van der Waals surface area contributed by atoms with Crippen LogP contribution in [0.25, 0.3) is 17.0 Å². The minimum atomic E-state index is -0.746. The van der Waals surface area contributed by atoms with Gasteiger partial charge in [-0.05, 0) is 42.0 Å². The summed E-state index contributed by atoms with van der Waals surface area (Å²) in [7, 11) is 0. The third kappa shape index (κ3) is 3.69. The summed E-state index contributed by atoms with van der Waals surface area (Å²) in [5.41, 5.74) is 3.01. The van der Waals surface area contributed by atoms with Gasteiger partial charge in [0, 0.05) is 46.7 Å². The largest absolute Gasteiger partial charge is 0.446 e. The van der Waals surface area contributed by atoms with E-state index in [0.717, 1.165) is 16.5 Å². The number of nitrogens with zero attached hydrogens (tertiary/aromatic N) is 3. The monoisotopic (exact) mass is 412 g/mol. The van der Waals surface area contributed by atoms with Crippen molar-refractivity contribution < 1.29 is 13.9 Å². The van der Waals surface area contributed by atoms with Gasteiger partial charge in [0.2, 0.25) is 12.1 Å². The van der Waals surface area contributed by atoms with E-state index in [4.69, 9.17) is 4.74 Å². The minimum absolute atomic E-state index is 0.324. The van der Waals surface area contributed by atoms with Crippen LogP contribution in [0.5, 0.6) is 0 Å². The van der Waals surface area contributed by atoms with Crippen molar-refractivity contribution in [2.24, 2.45) is 5.10 Å². The van der Waals surface area contributed by atoms with Crippen molar-refractivity contribution in [3.63, 3.8) is 0 Å². The van der Waals surface area contributed by atoms with E-state index in [-0.39, 0.29) is 11.7 Å². The number of fused-ring (bicyclic) bond motifs is 1. The van der Waals surface area contributed by atoms with Crippen LogP contribution in [0.2, 0.25) is 0 Å². The topological polar surface area (TPSA) is 70.6 Å². The second kappa shape index (κ2) is 7.87. The molecule has 3 heterocycles. The van der Waals surface area contributed by atoms with Crippen LogP contribution in [0.1, 0.15) is 22.9 Å². The molecular weight excluding hydrogens is 395 g/mol. The molecule has 1 amide bonds. The number of amides is 1. The molecule has 4 aromatic rings. The average molecular weight is 412 g/mol. The zero-order valence-corrected chi connectivity index (χ0v) is 16.3. The lowest BCUT2D eigenvalue weighted by atomic mass is 10.1. The van der Waals surface area contributed by atoms with Crippen molar-refractivity contribution >= 4 is 28.8 Å². The summed E-state index contributed by atoms with van der Waals surface area (Å²) in [4.78, 5) is 20.3. The van der Waals surface area contributed by atoms with E-state index in [9.17, 15) is 9.18 Å². The first-order chi connectivity index (χ1) is 15.2. The number of para-hydroxylation sites is 1. The summed E-state index contributed by atoms with van der Waals surface area (Å²) in [6.45, 7) is 0. The number of hydrogen-bond acceptors (Lipinski definition) is 4. The molecule has 7 heteroatoms. The van der Waals surface area contributed by atoms with Gasteiger partial charge in [-0.2, -0.15) is 5.01 Å².